The first kappa shape index (κ1) is 21.5. The van der Waals surface area contributed by atoms with Gasteiger partial charge in [-0.15, -0.1) is 0 Å². The van der Waals surface area contributed by atoms with Crippen molar-refractivity contribution in [1.29, 1.82) is 0 Å². The molecule has 4 heteroatoms. The summed E-state index contributed by atoms with van der Waals surface area (Å²) < 4.78 is 17.6. The Morgan fingerprint density at radius 3 is 2.77 bits per heavy atom. The number of allylic oxidation sites excluding steroid dienone is 1. The molecule has 0 unspecified atom stereocenters. The van der Waals surface area contributed by atoms with Gasteiger partial charge in [0.2, 0.25) is 0 Å². The molecule has 0 spiro atoms. The number of hydrogen-bond acceptors (Lipinski definition) is 4. The average Bonchev–Trinajstić information content (AvgIpc) is 2.75. The van der Waals surface area contributed by atoms with Gasteiger partial charge in [0.05, 0.1) is 25.5 Å². The van der Waals surface area contributed by atoms with Crippen molar-refractivity contribution in [3.63, 3.8) is 0 Å². The summed E-state index contributed by atoms with van der Waals surface area (Å²) in [5.74, 6) is 2.17. The molecule has 4 nitrogen and oxygen atoms in total. The number of nitrogens with zero attached hydrogens (tertiary/aromatic N) is 1. The largest absolute Gasteiger partial charge is 0.491 e. The van der Waals surface area contributed by atoms with Gasteiger partial charge in [0, 0.05) is 24.2 Å². The summed E-state index contributed by atoms with van der Waals surface area (Å²) in [6.07, 6.45) is 5.82. The third-order valence-corrected chi connectivity index (χ3v) is 6.31. The van der Waals surface area contributed by atoms with Crippen molar-refractivity contribution >= 4 is 5.70 Å². The molecule has 1 atom stereocenters. The number of ether oxygens (including phenoxy) is 3. The normalized spacial score (nSPS) is 21.6. The Hall–Kier alpha value is -1.78. The van der Waals surface area contributed by atoms with E-state index in [0.29, 0.717) is 32.3 Å². The van der Waals surface area contributed by atoms with Crippen LogP contribution in [0.15, 0.2) is 35.6 Å². The molecule has 3 aliphatic rings. The van der Waals surface area contributed by atoms with Crippen molar-refractivity contribution in [3.05, 3.63) is 52.3 Å². The maximum atomic E-state index is 6.32. The smallest absolute Gasteiger partial charge is 0.122 e. The highest BCUT2D eigenvalue weighted by atomic mass is 16.6. The molecule has 0 aliphatic carbocycles. The molecule has 0 aromatic heterocycles. The molecular formula is C26H37NO3. The van der Waals surface area contributed by atoms with E-state index in [4.69, 9.17) is 14.2 Å². The third kappa shape index (κ3) is 4.76. The predicted molar refractivity (Wildman–Crippen MR) is 121 cm³/mol. The highest BCUT2D eigenvalue weighted by Gasteiger charge is 2.31. The highest BCUT2D eigenvalue weighted by molar-refractivity contribution is 5.76. The van der Waals surface area contributed by atoms with Gasteiger partial charge in [0.1, 0.15) is 18.5 Å². The summed E-state index contributed by atoms with van der Waals surface area (Å²) in [4.78, 5) is 2.53. The lowest BCUT2D eigenvalue weighted by Gasteiger charge is -2.39. The van der Waals surface area contributed by atoms with Crippen molar-refractivity contribution in [2.24, 2.45) is 11.8 Å². The Bertz CT molecular complexity index is 802. The Kier molecular flexibility index (Phi) is 6.84. The fraction of sp³-hybridized carbons (Fsp3) is 0.615. The lowest BCUT2D eigenvalue weighted by Crippen LogP contribution is -2.36. The van der Waals surface area contributed by atoms with Crippen LogP contribution < -0.4 is 0 Å². The van der Waals surface area contributed by atoms with Crippen molar-refractivity contribution in [1.82, 2.24) is 4.90 Å². The second-order valence-corrected chi connectivity index (χ2v) is 9.48. The van der Waals surface area contributed by atoms with E-state index < -0.39 is 0 Å². The molecule has 3 heterocycles. The summed E-state index contributed by atoms with van der Waals surface area (Å²) in [6, 6.07) is 7.14. The van der Waals surface area contributed by atoms with E-state index >= 15 is 0 Å². The first-order valence-electron chi connectivity index (χ1n) is 11.7. The maximum Gasteiger partial charge on any atom is 0.122 e. The van der Waals surface area contributed by atoms with Crippen LogP contribution in [-0.2, 0) is 27.1 Å². The number of hydrogen-bond donors (Lipinski definition) is 0. The fourth-order valence-corrected chi connectivity index (χ4v) is 4.66. The molecule has 4 rings (SSSR count). The van der Waals surface area contributed by atoms with Crippen LogP contribution in [0.4, 0.5) is 0 Å². The second-order valence-electron chi connectivity index (χ2n) is 9.48. The van der Waals surface area contributed by atoms with Gasteiger partial charge in [0.25, 0.3) is 0 Å². The summed E-state index contributed by atoms with van der Waals surface area (Å²) in [6.45, 7) is 13.7. The molecule has 0 bridgehead atoms. The molecule has 1 fully saturated rings. The van der Waals surface area contributed by atoms with E-state index in [-0.39, 0.29) is 6.10 Å². The lowest BCUT2D eigenvalue weighted by molar-refractivity contribution is -0.108. The Morgan fingerprint density at radius 2 is 2.03 bits per heavy atom. The van der Waals surface area contributed by atoms with Crippen molar-refractivity contribution in [2.45, 2.75) is 53.1 Å². The Labute approximate surface area is 181 Å². The van der Waals surface area contributed by atoms with Crippen molar-refractivity contribution in [3.8, 4) is 0 Å². The SMILES string of the molecule is CC(C)CCc1ccc2c(c1)CCN1CC=C(OC[C@@H]3COCCO3)C(C(C)C)=C21. The topological polar surface area (TPSA) is 30.9 Å². The number of benzene rings is 1. The molecule has 1 saturated heterocycles. The summed E-state index contributed by atoms with van der Waals surface area (Å²) in [5.41, 5.74) is 7.06. The molecule has 0 saturated carbocycles. The van der Waals surface area contributed by atoms with Crippen LogP contribution in [0.1, 0.15) is 50.8 Å². The molecule has 0 amide bonds. The van der Waals surface area contributed by atoms with Crippen LogP contribution in [0, 0.1) is 11.8 Å². The zero-order valence-electron chi connectivity index (χ0n) is 19.1. The molecule has 164 valence electrons. The van der Waals surface area contributed by atoms with Crippen LogP contribution in [0.25, 0.3) is 5.70 Å². The van der Waals surface area contributed by atoms with Gasteiger partial charge in [-0.25, -0.2) is 0 Å². The predicted octanol–water partition coefficient (Wildman–Crippen LogP) is 4.83. The minimum atomic E-state index is 0.0262. The fourth-order valence-electron chi connectivity index (χ4n) is 4.66. The average molecular weight is 412 g/mol. The van der Waals surface area contributed by atoms with Crippen LogP contribution in [0.3, 0.4) is 0 Å². The van der Waals surface area contributed by atoms with E-state index in [1.54, 1.807) is 0 Å². The summed E-state index contributed by atoms with van der Waals surface area (Å²) >= 11 is 0. The zero-order valence-corrected chi connectivity index (χ0v) is 19.1. The molecule has 0 N–H and O–H groups in total. The van der Waals surface area contributed by atoms with E-state index in [1.165, 1.54) is 40.8 Å². The third-order valence-electron chi connectivity index (χ3n) is 6.31. The van der Waals surface area contributed by atoms with Crippen molar-refractivity contribution in [2.75, 3.05) is 39.5 Å². The molecule has 0 radical (unpaired) electrons. The van der Waals surface area contributed by atoms with Gasteiger partial charge in [-0.3, -0.25) is 0 Å². The Morgan fingerprint density at radius 1 is 1.17 bits per heavy atom. The van der Waals surface area contributed by atoms with Gasteiger partial charge in [-0.05, 0) is 48.3 Å². The second kappa shape index (κ2) is 9.57. The highest BCUT2D eigenvalue weighted by Crippen LogP contribution is 2.40. The monoisotopic (exact) mass is 411 g/mol. The Balaban J connectivity index is 1.59. The molecule has 1 aromatic carbocycles. The van der Waals surface area contributed by atoms with E-state index in [0.717, 1.165) is 31.2 Å². The van der Waals surface area contributed by atoms with Crippen LogP contribution in [-0.4, -0.2) is 50.5 Å². The van der Waals surface area contributed by atoms with Gasteiger partial charge < -0.3 is 19.1 Å². The quantitative estimate of drug-likeness (QED) is 0.643. The first-order chi connectivity index (χ1) is 14.5. The van der Waals surface area contributed by atoms with E-state index in [2.05, 4.69) is 56.9 Å². The van der Waals surface area contributed by atoms with Gasteiger partial charge in [0.15, 0.2) is 0 Å². The summed E-state index contributed by atoms with van der Waals surface area (Å²) in [7, 11) is 0. The molecular weight excluding hydrogens is 374 g/mol. The number of fused-ring (bicyclic) bond motifs is 3. The molecule has 3 aliphatic heterocycles. The minimum absolute atomic E-state index is 0.0262. The standard InChI is InChI=1S/C26H37NO3/c1-18(2)5-6-20-7-8-23-21(15-20)9-11-27-12-10-24(25(19(3)4)26(23)27)30-17-22-16-28-13-14-29-22/h7-8,10,15,18-19,22H,5-6,9,11-14,16-17H2,1-4H3/t22-/m0/s1. The lowest BCUT2D eigenvalue weighted by atomic mass is 9.85. The number of aryl methyl sites for hydroxylation is 1. The minimum Gasteiger partial charge on any atom is -0.491 e. The van der Waals surface area contributed by atoms with Crippen LogP contribution in [0.5, 0.6) is 0 Å². The van der Waals surface area contributed by atoms with Gasteiger partial charge in [-0.1, -0.05) is 45.9 Å². The first-order valence-corrected chi connectivity index (χ1v) is 11.7. The van der Waals surface area contributed by atoms with Gasteiger partial charge in [-0.2, -0.15) is 0 Å². The van der Waals surface area contributed by atoms with Crippen LogP contribution in [0.2, 0.25) is 0 Å². The molecule has 30 heavy (non-hydrogen) atoms. The van der Waals surface area contributed by atoms with Gasteiger partial charge >= 0.3 is 0 Å². The van der Waals surface area contributed by atoms with E-state index in [1.807, 2.05) is 0 Å². The molecule has 1 aromatic rings. The van der Waals surface area contributed by atoms with Crippen LogP contribution >= 0.6 is 0 Å². The van der Waals surface area contributed by atoms with E-state index in [9.17, 15) is 0 Å². The van der Waals surface area contributed by atoms with Crippen molar-refractivity contribution < 1.29 is 14.2 Å². The summed E-state index contributed by atoms with van der Waals surface area (Å²) in [5, 5.41) is 0. The maximum absolute atomic E-state index is 6.32. The number of rotatable bonds is 7. The zero-order chi connectivity index (χ0) is 21.1.